The third-order valence-electron chi connectivity index (χ3n) is 1.51. The molecule has 0 saturated heterocycles. The third-order valence-corrected chi connectivity index (χ3v) is 1.51. The molecular weight excluding hydrogens is 192 g/mol. The van der Waals surface area contributed by atoms with E-state index in [4.69, 9.17) is 20.5 Å². The third kappa shape index (κ3) is 3.07. The first-order chi connectivity index (χ1) is 5.77. The molecule has 3 N–H and O–H groups in total. The van der Waals surface area contributed by atoms with Crippen LogP contribution in [0.1, 0.15) is 24.0 Å². The molecule has 0 saturated carbocycles. The van der Waals surface area contributed by atoms with Crippen molar-refractivity contribution in [3.8, 4) is 6.07 Å². The number of nitriles is 1. The van der Waals surface area contributed by atoms with Crippen molar-refractivity contribution in [2.24, 2.45) is 5.73 Å². The molecule has 0 aromatic carbocycles. The van der Waals surface area contributed by atoms with Crippen LogP contribution in [0, 0.1) is 11.3 Å². The minimum atomic E-state index is -0.393. The Bertz CT molecular complexity index is 293. The number of aliphatic hydroxyl groups is 1. The first-order valence-electron chi connectivity index (χ1n) is 3.60. The fourth-order valence-corrected chi connectivity index (χ4v) is 0.878. The molecule has 0 aliphatic rings. The molecule has 0 fully saturated rings. The van der Waals surface area contributed by atoms with Gasteiger partial charge in [0, 0.05) is 0 Å². The summed E-state index contributed by atoms with van der Waals surface area (Å²) in [5.41, 5.74) is 5.58. The van der Waals surface area contributed by atoms with Crippen LogP contribution in [-0.2, 0) is 6.61 Å². The van der Waals surface area contributed by atoms with E-state index in [0.717, 1.165) is 0 Å². The van der Waals surface area contributed by atoms with E-state index < -0.39 is 6.04 Å². The molecule has 1 aromatic rings. The lowest BCUT2D eigenvalue weighted by atomic mass is 10.2. The van der Waals surface area contributed by atoms with Gasteiger partial charge in [0.1, 0.15) is 18.1 Å². The molecule has 0 unspecified atom stereocenters. The lowest BCUT2D eigenvalue weighted by Crippen LogP contribution is -2.07. The van der Waals surface area contributed by atoms with Crippen LogP contribution in [0.5, 0.6) is 0 Å². The molecule has 0 radical (unpaired) electrons. The predicted molar refractivity (Wildman–Crippen MR) is 49.0 cm³/mol. The Morgan fingerprint density at radius 2 is 2.31 bits per heavy atom. The molecule has 13 heavy (non-hydrogen) atoms. The quantitative estimate of drug-likeness (QED) is 0.769. The second-order valence-corrected chi connectivity index (χ2v) is 2.43. The summed E-state index contributed by atoms with van der Waals surface area (Å²) in [6, 6.07) is 4.87. The summed E-state index contributed by atoms with van der Waals surface area (Å²) >= 11 is 0. The van der Waals surface area contributed by atoms with Gasteiger partial charge < -0.3 is 15.3 Å². The first kappa shape index (κ1) is 12.0. The van der Waals surface area contributed by atoms with Crippen LogP contribution in [0.4, 0.5) is 0 Å². The highest BCUT2D eigenvalue weighted by Gasteiger charge is 2.09. The maximum atomic E-state index is 8.66. The van der Waals surface area contributed by atoms with E-state index in [-0.39, 0.29) is 25.4 Å². The van der Waals surface area contributed by atoms with Gasteiger partial charge in [-0.15, -0.1) is 12.4 Å². The number of aliphatic hydroxyl groups excluding tert-OH is 1. The van der Waals surface area contributed by atoms with Crippen LogP contribution in [0.25, 0.3) is 0 Å². The zero-order valence-corrected chi connectivity index (χ0v) is 7.75. The number of hydrogen-bond acceptors (Lipinski definition) is 4. The van der Waals surface area contributed by atoms with Gasteiger partial charge in [-0.1, -0.05) is 0 Å². The summed E-state index contributed by atoms with van der Waals surface area (Å²) in [5, 5.41) is 17.0. The SMILES string of the molecule is Cl.N#CC[C@@H](N)c1ccc(CO)o1. The Morgan fingerprint density at radius 1 is 1.62 bits per heavy atom. The van der Waals surface area contributed by atoms with Gasteiger partial charge in [0.05, 0.1) is 18.5 Å². The molecule has 1 rings (SSSR count). The van der Waals surface area contributed by atoms with E-state index in [9.17, 15) is 0 Å². The highest BCUT2D eigenvalue weighted by atomic mass is 35.5. The predicted octanol–water partition coefficient (Wildman–Crippen LogP) is 1.11. The highest BCUT2D eigenvalue weighted by molar-refractivity contribution is 5.85. The standard InChI is InChI=1S/C8H10N2O2.ClH/c9-4-3-7(10)8-2-1-6(5-11)12-8;/h1-2,7,11H,3,5,10H2;1H/t7-;/m1./s1. The second kappa shape index (κ2) is 5.60. The van der Waals surface area contributed by atoms with Crippen molar-refractivity contribution in [3.05, 3.63) is 23.7 Å². The number of halogens is 1. The molecule has 1 atom stereocenters. The maximum Gasteiger partial charge on any atom is 0.129 e. The molecule has 0 amide bonds. The highest BCUT2D eigenvalue weighted by Crippen LogP contribution is 2.16. The van der Waals surface area contributed by atoms with Crippen molar-refractivity contribution in [2.45, 2.75) is 19.1 Å². The smallest absolute Gasteiger partial charge is 0.129 e. The van der Waals surface area contributed by atoms with Gasteiger partial charge in [0.2, 0.25) is 0 Å². The average molecular weight is 203 g/mol. The number of nitrogens with two attached hydrogens (primary N) is 1. The summed E-state index contributed by atoms with van der Waals surface area (Å²) < 4.78 is 5.12. The van der Waals surface area contributed by atoms with Gasteiger partial charge in [-0.3, -0.25) is 0 Å². The zero-order valence-electron chi connectivity index (χ0n) is 6.93. The normalized spacial score (nSPS) is 11.5. The van der Waals surface area contributed by atoms with Gasteiger partial charge in [0.15, 0.2) is 0 Å². The number of hydrogen-bond donors (Lipinski definition) is 2. The monoisotopic (exact) mass is 202 g/mol. The van der Waals surface area contributed by atoms with Crippen LogP contribution < -0.4 is 5.73 Å². The Morgan fingerprint density at radius 3 is 2.77 bits per heavy atom. The molecule has 0 aliphatic carbocycles. The van der Waals surface area contributed by atoms with Crippen molar-refractivity contribution >= 4 is 12.4 Å². The minimum absolute atomic E-state index is 0. The Balaban J connectivity index is 0.00000144. The fourth-order valence-electron chi connectivity index (χ4n) is 0.878. The van der Waals surface area contributed by atoms with E-state index in [1.165, 1.54) is 0 Å². The summed E-state index contributed by atoms with van der Waals surface area (Å²) in [6.45, 7) is -0.140. The van der Waals surface area contributed by atoms with Crippen LogP contribution in [-0.4, -0.2) is 5.11 Å². The minimum Gasteiger partial charge on any atom is -0.462 e. The van der Waals surface area contributed by atoms with Gasteiger partial charge in [-0.05, 0) is 12.1 Å². The van der Waals surface area contributed by atoms with Crippen LogP contribution in [0.15, 0.2) is 16.5 Å². The van der Waals surface area contributed by atoms with E-state index in [0.29, 0.717) is 11.5 Å². The van der Waals surface area contributed by atoms with Crippen molar-refractivity contribution in [1.82, 2.24) is 0 Å². The molecule has 1 heterocycles. The van der Waals surface area contributed by atoms with Crippen molar-refractivity contribution in [1.29, 1.82) is 5.26 Å². The Hall–Kier alpha value is -1.02. The summed E-state index contributed by atoms with van der Waals surface area (Å²) in [6.07, 6.45) is 0.221. The Labute approximate surface area is 82.4 Å². The molecule has 1 aromatic heterocycles. The van der Waals surface area contributed by atoms with Crippen LogP contribution >= 0.6 is 12.4 Å². The molecule has 0 aliphatic heterocycles. The summed E-state index contributed by atoms with van der Waals surface area (Å²) in [5.74, 6) is 1.01. The number of nitrogens with zero attached hydrogens (tertiary/aromatic N) is 1. The fraction of sp³-hybridized carbons (Fsp3) is 0.375. The molecule has 4 nitrogen and oxygen atoms in total. The summed E-state index contributed by atoms with van der Waals surface area (Å²) in [7, 11) is 0. The van der Waals surface area contributed by atoms with Crippen LogP contribution in [0.3, 0.4) is 0 Å². The topological polar surface area (TPSA) is 83.2 Å². The first-order valence-corrected chi connectivity index (χ1v) is 3.60. The van der Waals surface area contributed by atoms with E-state index >= 15 is 0 Å². The zero-order chi connectivity index (χ0) is 8.97. The molecule has 0 bridgehead atoms. The molecular formula is C8H11ClN2O2. The van der Waals surface area contributed by atoms with Gasteiger partial charge in [-0.2, -0.15) is 5.26 Å². The summed E-state index contributed by atoms with van der Waals surface area (Å²) in [4.78, 5) is 0. The van der Waals surface area contributed by atoms with Gasteiger partial charge >= 0.3 is 0 Å². The van der Waals surface area contributed by atoms with E-state index in [1.807, 2.05) is 6.07 Å². The number of furan rings is 1. The van der Waals surface area contributed by atoms with Gasteiger partial charge in [0.25, 0.3) is 0 Å². The molecule has 0 spiro atoms. The Kier molecular flexibility index (Phi) is 5.16. The molecule has 72 valence electrons. The largest absolute Gasteiger partial charge is 0.462 e. The maximum absolute atomic E-state index is 8.66. The number of rotatable bonds is 3. The average Bonchev–Trinajstić information content (AvgIpc) is 2.52. The molecule has 5 heteroatoms. The van der Waals surface area contributed by atoms with Crippen molar-refractivity contribution < 1.29 is 9.52 Å². The lowest BCUT2D eigenvalue weighted by Gasteiger charge is -2.01. The van der Waals surface area contributed by atoms with Crippen LogP contribution in [0.2, 0.25) is 0 Å². The van der Waals surface area contributed by atoms with Crippen molar-refractivity contribution in [3.63, 3.8) is 0 Å². The van der Waals surface area contributed by atoms with E-state index in [2.05, 4.69) is 0 Å². The second-order valence-electron chi connectivity index (χ2n) is 2.43. The van der Waals surface area contributed by atoms with E-state index in [1.54, 1.807) is 12.1 Å². The van der Waals surface area contributed by atoms with Crippen molar-refractivity contribution in [2.75, 3.05) is 0 Å². The lowest BCUT2D eigenvalue weighted by molar-refractivity contribution is 0.241. The van der Waals surface area contributed by atoms with Gasteiger partial charge in [-0.25, -0.2) is 0 Å².